The predicted octanol–water partition coefficient (Wildman–Crippen LogP) is 5.31. The largest absolute Gasteiger partial charge is 0.366 e. The summed E-state index contributed by atoms with van der Waals surface area (Å²) in [6.07, 6.45) is 1.80. The molecule has 0 radical (unpaired) electrons. The van der Waals surface area contributed by atoms with Gasteiger partial charge in [0.15, 0.2) is 0 Å². The van der Waals surface area contributed by atoms with Crippen LogP contribution in [0.15, 0.2) is 41.4 Å². The Morgan fingerprint density at radius 2 is 2.00 bits per heavy atom. The van der Waals surface area contributed by atoms with Crippen LogP contribution in [0.25, 0.3) is 0 Å². The van der Waals surface area contributed by atoms with Gasteiger partial charge in [0.25, 0.3) is 0 Å². The number of aliphatic imine (C=N–C) groups is 1. The third kappa shape index (κ3) is 4.25. The number of benzene rings is 2. The van der Waals surface area contributed by atoms with Gasteiger partial charge in [-0.1, -0.05) is 23.7 Å². The lowest BCUT2D eigenvalue weighted by Crippen LogP contribution is -2.14. The van der Waals surface area contributed by atoms with Gasteiger partial charge in [0.2, 0.25) is 0 Å². The molecule has 0 atom stereocenters. The van der Waals surface area contributed by atoms with Gasteiger partial charge in [-0.25, -0.2) is 4.99 Å². The van der Waals surface area contributed by atoms with Crippen LogP contribution in [0.4, 0.5) is 17.1 Å². The summed E-state index contributed by atoms with van der Waals surface area (Å²) in [5, 5.41) is 4.05. The molecule has 0 aliphatic carbocycles. The van der Waals surface area contributed by atoms with E-state index in [1.807, 2.05) is 36.2 Å². The number of hydrogen-bond acceptors (Lipinski definition) is 2. The number of aryl methyl sites for hydroxylation is 2. The van der Waals surface area contributed by atoms with E-state index in [-0.39, 0.29) is 0 Å². The average Bonchev–Trinajstić information content (AvgIpc) is 2.49. The summed E-state index contributed by atoms with van der Waals surface area (Å²) in [6, 6.07) is 12.2. The summed E-state index contributed by atoms with van der Waals surface area (Å²) in [7, 11) is 1.98. The van der Waals surface area contributed by atoms with Crippen LogP contribution < -0.4 is 5.32 Å². The van der Waals surface area contributed by atoms with Crippen molar-refractivity contribution in [2.24, 2.45) is 4.99 Å². The first-order chi connectivity index (χ1) is 10.5. The molecule has 0 saturated carbocycles. The van der Waals surface area contributed by atoms with Crippen LogP contribution in [0.1, 0.15) is 18.1 Å². The third-order valence-corrected chi connectivity index (χ3v) is 3.79. The number of nitrogens with one attached hydrogen (secondary N) is 1. The van der Waals surface area contributed by atoms with Crippen molar-refractivity contribution in [3.8, 4) is 0 Å². The van der Waals surface area contributed by atoms with Crippen molar-refractivity contribution in [1.29, 1.82) is 0 Å². The molecule has 0 aromatic heterocycles. The highest BCUT2D eigenvalue weighted by atomic mass is 35.5. The van der Waals surface area contributed by atoms with Gasteiger partial charge in [0, 0.05) is 25.0 Å². The molecule has 0 unspecified atom stereocenters. The molecule has 0 heterocycles. The smallest absolute Gasteiger partial charge is 0.0910 e. The Kier molecular flexibility index (Phi) is 5.45. The Labute approximate surface area is 137 Å². The van der Waals surface area contributed by atoms with Crippen molar-refractivity contribution in [3.05, 3.63) is 52.5 Å². The van der Waals surface area contributed by atoms with Crippen LogP contribution in [0.3, 0.4) is 0 Å². The highest BCUT2D eigenvalue weighted by Gasteiger charge is 2.06. The summed E-state index contributed by atoms with van der Waals surface area (Å²) < 4.78 is 0. The van der Waals surface area contributed by atoms with E-state index in [2.05, 4.69) is 43.2 Å². The standard InChI is InChI=1S/C18H22ClN3/c1-5-22(4)12-20-18-10-14(3)17(11-16(18)19)21-15-8-6-7-13(2)9-15/h6-12,21H,5H2,1-4H3. The number of rotatable bonds is 5. The van der Waals surface area contributed by atoms with Gasteiger partial charge in [-0.15, -0.1) is 0 Å². The van der Waals surface area contributed by atoms with Crippen molar-refractivity contribution in [2.75, 3.05) is 18.9 Å². The van der Waals surface area contributed by atoms with Crippen molar-refractivity contribution >= 4 is 35.0 Å². The third-order valence-electron chi connectivity index (χ3n) is 3.48. The lowest BCUT2D eigenvalue weighted by atomic mass is 10.1. The Morgan fingerprint density at radius 1 is 1.23 bits per heavy atom. The fraction of sp³-hybridized carbons (Fsp3) is 0.278. The number of anilines is 2. The van der Waals surface area contributed by atoms with Gasteiger partial charge in [-0.2, -0.15) is 0 Å². The van der Waals surface area contributed by atoms with Crippen LogP contribution in [0.2, 0.25) is 5.02 Å². The second-order valence-electron chi connectivity index (χ2n) is 5.43. The molecule has 1 N–H and O–H groups in total. The highest BCUT2D eigenvalue weighted by Crippen LogP contribution is 2.32. The van der Waals surface area contributed by atoms with Crippen molar-refractivity contribution in [3.63, 3.8) is 0 Å². The second kappa shape index (κ2) is 7.32. The molecule has 2 aromatic rings. The number of hydrogen-bond donors (Lipinski definition) is 1. The Morgan fingerprint density at radius 3 is 2.68 bits per heavy atom. The molecule has 0 aliphatic heterocycles. The molecule has 22 heavy (non-hydrogen) atoms. The lowest BCUT2D eigenvalue weighted by Gasteiger charge is -2.13. The molecule has 0 spiro atoms. The van der Waals surface area contributed by atoms with Crippen LogP contribution in [-0.2, 0) is 0 Å². The van der Waals surface area contributed by atoms with Gasteiger partial charge in [-0.3, -0.25) is 0 Å². The summed E-state index contributed by atoms with van der Waals surface area (Å²) in [5.74, 6) is 0. The van der Waals surface area contributed by atoms with Gasteiger partial charge in [-0.05, 0) is 56.2 Å². The van der Waals surface area contributed by atoms with Crippen molar-refractivity contribution in [1.82, 2.24) is 4.90 Å². The summed E-state index contributed by atoms with van der Waals surface area (Å²) in [5.41, 5.74) is 5.17. The Hall–Kier alpha value is -2.00. The molecule has 4 heteroatoms. The van der Waals surface area contributed by atoms with E-state index in [1.165, 1.54) is 5.56 Å². The van der Waals surface area contributed by atoms with Crippen molar-refractivity contribution < 1.29 is 0 Å². The maximum absolute atomic E-state index is 6.35. The van der Waals surface area contributed by atoms with Gasteiger partial charge >= 0.3 is 0 Å². The summed E-state index contributed by atoms with van der Waals surface area (Å²) >= 11 is 6.35. The minimum Gasteiger partial charge on any atom is -0.366 e. The minimum absolute atomic E-state index is 0.640. The van der Waals surface area contributed by atoms with E-state index >= 15 is 0 Å². The summed E-state index contributed by atoms with van der Waals surface area (Å²) in [6.45, 7) is 7.12. The minimum atomic E-state index is 0.640. The zero-order chi connectivity index (χ0) is 16.1. The molecule has 0 fully saturated rings. The maximum atomic E-state index is 6.35. The predicted molar refractivity (Wildman–Crippen MR) is 97.1 cm³/mol. The zero-order valence-corrected chi connectivity index (χ0v) is 14.3. The van der Waals surface area contributed by atoms with Gasteiger partial charge < -0.3 is 10.2 Å². The molecular weight excluding hydrogens is 294 g/mol. The van der Waals surface area contributed by atoms with Crippen molar-refractivity contribution in [2.45, 2.75) is 20.8 Å². The number of nitrogens with zero attached hydrogens (tertiary/aromatic N) is 2. The van der Waals surface area contributed by atoms with Crippen LogP contribution in [0, 0.1) is 13.8 Å². The van der Waals surface area contributed by atoms with E-state index in [0.717, 1.165) is 29.2 Å². The molecule has 0 saturated heterocycles. The molecule has 3 nitrogen and oxygen atoms in total. The maximum Gasteiger partial charge on any atom is 0.0910 e. The number of halogens is 1. The Bertz CT molecular complexity index is 680. The molecular formula is C18H22ClN3. The van der Waals surface area contributed by atoms with E-state index in [4.69, 9.17) is 11.6 Å². The zero-order valence-electron chi connectivity index (χ0n) is 13.5. The average molecular weight is 316 g/mol. The fourth-order valence-electron chi connectivity index (χ4n) is 2.02. The summed E-state index contributed by atoms with van der Waals surface area (Å²) in [4.78, 5) is 6.45. The van der Waals surface area contributed by atoms with Gasteiger partial charge in [0.1, 0.15) is 0 Å². The normalized spacial score (nSPS) is 11.0. The molecule has 0 amide bonds. The first-order valence-electron chi connectivity index (χ1n) is 7.38. The lowest BCUT2D eigenvalue weighted by molar-refractivity contribution is 0.552. The van der Waals surface area contributed by atoms with E-state index in [0.29, 0.717) is 5.02 Å². The van der Waals surface area contributed by atoms with Crippen LogP contribution in [-0.4, -0.2) is 24.8 Å². The quantitative estimate of drug-likeness (QED) is 0.598. The van der Waals surface area contributed by atoms with E-state index < -0.39 is 0 Å². The van der Waals surface area contributed by atoms with E-state index in [1.54, 1.807) is 6.34 Å². The fourth-order valence-corrected chi connectivity index (χ4v) is 2.23. The Balaban J connectivity index is 2.24. The highest BCUT2D eigenvalue weighted by molar-refractivity contribution is 6.33. The first-order valence-corrected chi connectivity index (χ1v) is 7.75. The molecule has 2 aromatic carbocycles. The van der Waals surface area contributed by atoms with Gasteiger partial charge in [0.05, 0.1) is 17.0 Å². The van der Waals surface area contributed by atoms with Crippen LogP contribution in [0.5, 0.6) is 0 Å². The molecule has 116 valence electrons. The SMILES string of the molecule is CCN(C)C=Nc1cc(C)c(Nc2cccc(C)c2)cc1Cl. The topological polar surface area (TPSA) is 27.6 Å². The monoisotopic (exact) mass is 315 g/mol. The molecule has 2 rings (SSSR count). The molecule has 0 aliphatic rings. The second-order valence-corrected chi connectivity index (χ2v) is 5.84. The van der Waals surface area contributed by atoms with E-state index in [9.17, 15) is 0 Å². The molecule has 0 bridgehead atoms. The first kappa shape index (κ1) is 16.4. The van der Waals surface area contributed by atoms with Crippen LogP contribution >= 0.6 is 11.6 Å².